The molecular weight excluding hydrogens is 198 g/mol. The Kier molecular flexibility index (Phi) is 5.67. The zero-order valence-electron chi connectivity index (χ0n) is 9.76. The second kappa shape index (κ2) is 5.71. The van der Waals surface area contributed by atoms with Crippen LogP contribution in [0.25, 0.3) is 0 Å². The summed E-state index contributed by atoms with van der Waals surface area (Å²) in [5, 5.41) is 3.13. The summed E-state index contributed by atoms with van der Waals surface area (Å²) in [5.74, 6) is 0.297. The van der Waals surface area contributed by atoms with Crippen LogP contribution in [-0.4, -0.2) is 34.0 Å². The summed E-state index contributed by atoms with van der Waals surface area (Å²) in [4.78, 5) is 0. The summed E-state index contributed by atoms with van der Waals surface area (Å²) in [5.41, 5.74) is 0.118. The summed E-state index contributed by atoms with van der Waals surface area (Å²) >= 11 is 0. The summed E-state index contributed by atoms with van der Waals surface area (Å²) in [6, 6.07) is 0. The van der Waals surface area contributed by atoms with Crippen LogP contribution in [0.4, 0.5) is 0 Å². The summed E-state index contributed by atoms with van der Waals surface area (Å²) in [6.07, 6.45) is 4.23. The highest BCUT2D eigenvalue weighted by atomic mass is 32.2. The molecule has 0 aliphatic rings. The van der Waals surface area contributed by atoms with E-state index in [0.717, 1.165) is 25.8 Å². The Balaban J connectivity index is 4.22. The first kappa shape index (κ1) is 13.9. The molecule has 0 aliphatic heterocycles. The lowest BCUT2D eigenvalue weighted by Gasteiger charge is -2.28. The van der Waals surface area contributed by atoms with Crippen LogP contribution in [-0.2, 0) is 9.84 Å². The van der Waals surface area contributed by atoms with Crippen molar-refractivity contribution in [1.82, 2.24) is 5.32 Å². The van der Waals surface area contributed by atoms with Crippen LogP contribution in [0, 0.1) is 5.41 Å². The zero-order valence-corrected chi connectivity index (χ0v) is 10.6. The molecule has 0 spiro atoms. The lowest BCUT2D eigenvalue weighted by atomic mass is 9.83. The molecule has 0 fully saturated rings. The maximum atomic E-state index is 11.1. The standard InChI is InChI=1S/C10H23NO2S/c1-5-6-10(2,9-11-3)7-8-14(4,12)13/h11H,5-9H2,1-4H3. The number of hydrogen-bond acceptors (Lipinski definition) is 3. The molecule has 3 nitrogen and oxygen atoms in total. The monoisotopic (exact) mass is 221 g/mol. The van der Waals surface area contributed by atoms with E-state index in [9.17, 15) is 8.42 Å². The van der Waals surface area contributed by atoms with Gasteiger partial charge < -0.3 is 5.32 Å². The Morgan fingerprint density at radius 2 is 1.86 bits per heavy atom. The largest absolute Gasteiger partial charge is 0.319 e. The molecule has 0 radical (unpaired) electrons. The highest BCUT2D eigenvalue weighted by Crippen LogP contribution is 2.27. The summed E-state index contributed by atoms with van der Waals surface area (Å²) < 4.78 is 22.1. The fourth-order valence-corrected chi connectivity index (χ4v) is 2.63. The van der Waals surface area contributed by atoms with E-state index in [4.69, 9.17) is 0 Å². The Bertz CT molecular complexity index is 241. The minimum atomic E-state index is -2.82. The number of sulfone groups is 1. The molecule has 1 N–H and O–H groups in total. The highest BCUT2D eigenvalue weighted by Gasteiger charge is 2.23. The van der Waals surface area contributed by atoms with Gasteiger partial charge in [0.25, 0.3) is 0 Å². The van der Waals surface area contributed by atoms with Crippen LogP contribution in [0.15, 0.2) is 0 Å². The van der Waals surface area contributed by atoms with Crippen LogP contribution in [0.2, 0.25) is 0 Å². The molecule has 0 aromatic carbocycles. The van der Waals surface area contributed by atoms with Crippen molar-refractivity contribution >= 4 is 9.84 Å². The van der Waals surface area contributed by atoms with Gasteiger partial charge in [0.1, 0.15) is 9.84 Å². The molecule has 0 aromatic heterocycles. The van der Waals surface area contributed by atoms with Gasteiger partial charge in [0.05, 0.1) is 5.75 Å². The minimum absolute atomic E-state index is 0.118. The van der Waals surface area contributed by atoms with Crippen LogP contribution < -0.4 is 5.32 Å². The maximum Gasteiger partial charge on any atom is 0.147 e. The van der Waals surface area contributed by atoms with E-state index in [1.807, 2.05) is 7.05 Å². The number of nitrogens with one attached hydrogen (secondary N) is 1. The van der Waals surface area contributed by atoms with Gasteiger partial charge in [-0.05, 0) is 25.3 Å². The van der Waals surface area contributed by atoms with Crippen molar-refractivity contribution in [2.45, 2.75) is 33.1 Å². The van der Waals surface area contributed by atoms with Crippen molar-refractivity contribution in [3.05, 3.63) is 0 Å². The van der Waals surface area contributed by atoms with E-state index in [1.54, 1.807) is 0 Å². The molecule has 14 heavy (non-hydrogen) atoms. The molecule has 1 atom stereocenters. The minimum Gasteiger partial charge on any atom is -0.319 e. The molecular formula is C10H23NO2S. The van der Waals surface area contributed by atoms with Gasteiger partial charge in [-0.15, -0.1) is 0 Å². The van der Waals surface area contributed by atoms with E-state index >= 15 is 0 Å². The third-order valence-electron chi connectivity index (χ3n) is 2.53. The topological polar surface area (TPSA) is 46.2 Å². The molecule has 0 bridgehead atoms. The predicted octanol–water partition coefficient (Wildman–Crippen LogP) is 1.45. The van der Waals surface area contributed by atoms with Gasteiger partial charge in [0.15, 0.2) is 0 Å². The second-order valence-corrected chi connectivity index (χ2v) is 6.73. The molecule has 86 valence electrons. The van der Waals surface area contributed by atoms with Crippen molar-refractivity contribution in [2.24, 2.45) is 5.41 Å². The van der Waals surface area contributed by atoms with Gasteiger partial charge in [-0.2, -0.15) is 0 Å². The lowest BCUT2D eigenvalue weighted by molar-refractivity contribution is 0.275. The molecule has 4 heteroatoms. The summed E-state index contributed by atoms with van der Waals surface area (Å²) in [7, 11) is -0.911. The SMILES string of the molecule is CCCC(C)(CCS(C)(=O)=O)CNC. The fourth-order valence-electron chi connectivity index (χ4n) is 1.76. The zero-order chi connectivity index (χ0) is 11.2. The van der Waals surface area contributed by atoms with Crippen LogP contribution in [0.1, 0.15) is 33.1 Å². The second-order valence-electron chi connectivity index (χ2n) is 4.47. The number of hydrogen-bond donors (Lipinski definition) is 1. The van der Waals surface area contributed by atoms with Crippen molar-refractivity contribution in [2.75, 3.05) is 25.6 Å². The van der Waals surface area contributed by atoms with Crippen molar-refractivity contribution in [3.8, 4) is 0 Å². The van der Waals surface area contributed by atoms with Gasteiger partial charge in [0, 0.05) is 12.8 Å². The first-order chi connectivity index (χ1) is 6.33. The van der Waals surface area contributed by atoms with E-state index in [2.05, 4.69) is 19.2 Å². The molecule has 0 rings (SSSR count). The third kappa shape index (κ3) is 6.38. The third-order valence-corrected chi connectivity index (χ3v) is 3.48. The van der Waals surface area contributed by atoms with E-state index in [-0.39, 0.29) is 5.41 Å². The fraction of sp³-hybridized carbons (Fsp3) is 1.00. The average molecular weight is 221 g/mol. The van der Waals surface area contributed by atoms with Gasteiger partial charge in [-0.1, -0.05) is 20.3 Å². The quantitative estimate of drug-likeness (QED) is 0.708. The van der Waals surface area contributed by atoms with Crippen LogP contribution in [0.3, 0.4) is 0 Å². The molecule has 0 saturated heterocycles. The van der Waals surface area contributed by atoms with Gasteiger partial charge in [-0.3, -0.25) is 0 Å². The first-order valence-corrected chi connectivity index (χ1v) is 7.21. The van der Waals surface area contributed by atoms with Crippen molar-refractivity contribution in [1.29, 1.82) is 0 Å². The summed E-state index contributed by atoms with van der Waals surface area (Å²) in [6.45, 7) is 5.17. The Labute approximate surface area is 88.2 Å². The van der Waals surface area contributed by atoms with E-state index in [1.165, 1.54) is 6.26 Å². The van der Waals surface area contributed by atoms with Gasteiger partial charge in [-0.25, -0.2) is 8.42 Å². The van der Waals surface area contributed by atoms with Crippen molar-refractivity contribution < 1.29 is 8.42 Å². The smallest absolute Gasteiger partial charge is 0.147 e. The molecule has 0 heterocycles. The first-order valence-electron chi connectivity index (χ1n) is 5.15. The normalized spacial score (nSPS) is 16.6. The van der Waals surface area contributed by atoms with E-state index in [0.29, 0.717) is 5.75 Å². The molecule has 0 aliphatic carbocycles. The highest BCUT2D eigenvalue weighted by molar-refractivity contribution is 7.90. The van der Waals surface area contributed by atoms with Crippen LogP contribution in [0.5, 0.6) is 0 Å². The Morgan fingerprint density at radius 1 is 1.29 bits per heavy atom. The Morgan fingerprint density at radius 3 is 2.21 bits per heavy atom. The lowest BCUT2D eigenvalue weighted by Crippen LogP contribution is -2.31. The van der Waals surface area contributed by atoms with Crippen LogP contribution >= 0.6 is 0 Å². The van der Waals surface area contributed by atoms with Crippen molar-refractivity contribution in [3.63, 3.8) is 0 Å². The number of rotatable bonds is 7. The maximum absolute atomic E-state index is 11.1. The molecule has 1 unspecified atom stereocenters. The van der Waals surface area contributed by atoms with E-state index < -0.39 is 9.84 Å². The molecule has 0 saturated carbocycles. The molecule has 0 aromatic rings. The average Bonchev–Trinajstić information content (AvgIpc) is 2.01. The van der Waals surface area contributed by atoms with Gasteiger partial charge >= 0.3 is 0 Å². The molecule has 0 amide bonds. The predicted molar refractivity (Wildman–Crippen MR) is 61.3 cm³/mol. The Hall–Kier alpha value is -0.0900. The van der Waals surface area contributed by atoms with Gasteiger partial charge in [0.2, 0.25) is 0 Å².